The van der Waals surface area contributed by atoms with Gasteiger partial charge in [-0.25, -0.2) is 0 Å². The molecule has 5 nitrogen and oxygen atoms in total. The molecule has 0 saturated carbocycles. The van der Waals surface area contributed by atoms with E-state index in [1.807, 2.05) is 24.1 Å². The molecular weight excluding hydrogens is 433 g/mol. The van der Waals surface area contributed by atoms with Crippen molar-refractivity contribution in [3.63, 3.8) is 0 Å². The van der Waals surface area contributed by atoms with Gasteiger partial charge in [-0.2, -0.15) is 5.10 Å². The fourth-order valence-electron chi connectivity index (χ4n) is 2.39. The summed E-state index contributed by atoms with van der Waals surface area (Å²) in [4.78, 5) is 8.37. The van der Waals surface area contributed by atoms with Crippen molar-refractivity contribution in [2.45, 2.75) is 32.7 Å². The lowest BCUT2D eigenvalue weighted by Gasteiger charge is -2.25. The molecule has 0 saturated heterocycles. The summed E-state index contributed by atoms with van der Waals surface area (Å²) in [5.41, 5.74) is 1.22. The van der Waals surface area contributed by atoms with Gasteiger partial charge in [0.1, 0.15) is 0 Å². The molecule has 7 heteroatoms. The molecule has 0 aromatic carbocycles. The van der Waals surface area contributed by atoms with Crippen LogP contribution in [0.15, 0.2) is 34.9 Å². The smallest absolute Gasteiger partial charge is 0.193 e. The molecular formula is C17H28IN5S. The van der Waals surface area contributed by atoms with Gasteiger partial charge >= 0.3 is 0 Å². The molecule has 0 radical (unpaired) electrons. The standard InChI is InChI=1S/C17H27N5S.HI/c1-6-18-16(21(4)11-14-10-20-22(5)12-14)19-13-17(2,3)15-8-7-9-23-15;/h7-10,12H,6,11,13H2,1-5H3,(H,18,19);1H. The average Bonchev–Trinajstić information content (AvgIpc) is 3.15. The highest BCUT2D eigenvalue weighted by atomic mass is 127. The number of guanidine groups is 1. The normalized spacial score (nSPS) is 12.0. The lowest BCUT2D eigenvalue weighted by molar-refractivity contribution is 0.468. The third kappa shape index (κ3) is 5.77. The molecule has 0 amide bonds. The van der Waals surface area contributed by atoms with Crippen molar-refractivity contribution in [1.29, 1.82) is 0 Å². The van der Waals surface area contributed by atoms with Crippen molar-refractivity contribution in [2.24, 2.45) is 12.0 Å². The Kier molecular flexibility index (Phi) is 8.21. The Morgan fingerprint density at radius 2 is 2.21 bits per heavy atom. The van der Waals surface area contributed by atoms with Crippen LogP contribution in [0.4, 0.5) is 0 Å². The number of nitrogens with one attached hydrogen (secondary N) is 1. The molecule has 0 bridgehead atoms. The van der Waals surface area contributed by atoms with Crippen LogP contribution in [-0.4, -0.2) is 40.8 Å². The zero-order valence-corrected chi connectivity index (χ0v) is 18.3. The van der Waals surface area contributed by atoms with E-state index >= 15 is 0 Å². The van der Waals surface area contributed by atoms with Crippen molar-refractivity contribution < 1.29 is 0 Å². The van der Waals surface area contributed by atoms with Gasteiger partial charge in [0.15, 0.2) is 5.96 Å². The first-order valence-electron chi connectivity index (χ1n) is 7.93. The topological polar surface area (TPSA) is 45.5 Å². The highest BCUT2D eigenvalue weighted by molar-refractivity contribution is 14.0. The second-order valence-corrected chi connectivity index (χ2v) is 7.36. The van der Waals surface area contributed by atoms with E-state index in [0.29, 0.717) is 0 Å². The van der Waals surface area contributed by atoms with Gasteiger partial charge in [-0.05, 0) is 18.4 Å². The summed E-state index contributed by atoms with van der Waals surface area (Å²) in [5, 5.41) is 9.73. The number of aliphatic imine (C=N–C) groups is 1. The van der Waals surface area contributed by atoms with Gasteiger partial charge in [-0.3, -0.25) is 9.67 Å². The van der Waals surface area contributed by atoms with Crippen molar-refractivity contribution in [3.8, 4) is 0 Å². The van der Waals surface area contributed by atoms with Gasteiger partial charge in [0.2, 0.25) is 0 Å². The van der Waals surface area contributed by atoms with Crippen molar-refractivity contribution in [3.05, 3.63) is 40.3 Å². The maximum atomic E-state index is 4.85. The lowest BCUT2D eigenvalue weighted by atomic mass is 9.92. The minimum absolute atomic E-state index is 0. The van der Waals surface area contributed by atoms with Crippen LogP contribution >= 0.6 is 35.3 Å². The van der Waals surface area contributed by atoms with E-state index in [2.05, 4.69) is 60.6 Å². The Morgan fingerprint density at radius 1 is 1.46 bits per heavy atom. The van der Waals surface area contributed by atoms with Crippen LogP contribution in [0, 0.1) is 0 Å². The Morgan fingerprint density at radius 3 is 2.75 bits per heavy atom. The second kappa shape index (κ2) is 9.41. The van der Waals surface area contributed by atoms with Gasteiger partial charge in [-0.1, -0.05) is 19.9 Å². The molecule has 24 heavy (non-hydrogen) atoms. The Balaban J connectivity index is 0.00000288. The van der Waals surface area contributed by atoms with E-state index in [4.69, 9.17) is 4.99 Å². The zero-order chi connectivity index (χ0) is 16.9. The number of hydrogen-bond acceptors (Lipinski definition) is 3. The summed E-state index contributed by atoms with van der Waals surface area (Å²) in [6, 6.07) is 4.29. The van der Waals surface area contributed by atoms with Crippen LogP contribution in [0.25, 0.3) is 0 Å². The predicted molar refractivity (Wildman–Crippen MR) is 113 cm³/mol. The minimum atomic E-state index is 0. The Bertz CT molecular complexity index is 633. The van der Waals surface area contributed by atoms with E-state index in [0.717, 1.165) is 25.6 Å². The summed E-state index contributed by atoms with van der Waals surface area (Å²) >= 11 is 1.79. The van der Waals surface area contributed by atoms with E-state index in [1.54, 1.807) is 11.3 Å². The quantitative estimate of drug-likeness (QED) is 0.407. The van der Waals surface area contributed by atoms with E-state index in [9.17, 15) is 0 Å². The predicted octanol–water partition coefficient (Wildman–Crippen LogP) is 3.47. The summed E-state index contributed by atoms with van der Waals surface area (Å²) in [6.45, 7) is 8.99. The number of aromatic nitrogens is 2. The van der Waals surface area contributed by atoms with Crippen LogP contribution < -0.4 is 5.32 Å². The number of hydrogen-bond donors (Lipinski definition) is 1. The average molecular weight is 461 g/mol. The van der Waals surface area contributed by atoms with Crippen LogP contribution in [0.1, 0.15) is 31.2 Å². The summed E-state index contributed by atoms with van der Waals surface area (Å²) in [7, 11) is 4.00. The molecule has 2 heterocycles. The Labute approximate surface area is 166 Å². The molecule has 0 spiro atoms. The molecule has 0 aliphatic rings. The largest absolute Gasteiger partial charge is 0.357 e. The monoisotopic (exact) mass is 461 g/mol. The molecule has 134 valence electrons. The maximum Gasteiger partial charge on any atom is 0.193 e. The number of thiophene rings is 1. The lowest BCUT2D eigenvalue weighted by Crippen LogP contribution is -2.39. The molecule has 0 fully saturated rings. The van der Waals surface area contributed by atoms with Gasteiger partial charge < -0.3 is 10.2 Å². The molecule has 0 aliphatic heterocycles. The van der Waals surface area contributed by atoms with Crippen molar-refractivity contribution >= 4 is 41.3 Å². The number of nitrogens with zero attached hydrogens (tertiary/aromatic N) is 4. The fraction of sp³-hybridized carbons (Fsp3) is 0.529. The minimum Gasteiger partial charge on any atom is -0.357 e. The Hall–Kier alpha value is -1.09. The number of halogens is 1. The molecule has 2 aromatic heterocycles. The SMILES string of the molecule is CCNC(=NCC(C)(C)c1cccs1)N(C)Cc1cnn(C)c1.I. The molecule has 1 N–H and O–H groups in total. The third-order valence-electron chi connectivity index (χ3n) is 3.69. The van der Waals surface area contributed by atoms with Gasteiger partial charge in [0.25, 0.3) is 0 Å². The van der Waals surface area contributed by atoms with Crippen LogP contribution in [0.5, 0.6) is 0 Å². The number of aryl methyl sites for hydroxylation is 1. The van der Waals surface area contributed by atoms with Crippen molar-refractivity contribution in [2.75, 3.05) is 20.1 Å². The highest BCUT2D eigenvalue weighted by Crippen LogP contribution is 2.27. The zero-order valence-electron chi connectivity index (χ0n) is 15.1. The maximum absolute atomic E-state index is 4.85. The third-order valence-corrected chi connectivity index (χ3v) is 4.92. The molecule has 0 atom stereocenters. The van der Waals surface area contributed by atoms with E-state index < -0.39 is 0 Å². The molecule has 0 unspecified atom stereocenters. The summed E-state index contributed by atoms with van der Waals surface area (Å²) in [5.74, 6) is 0.931. The van der Waals surface area contributed by atoms with Crippen LogP contribution in [0.3, 0.4) is 0 Å². The van der Waals surface area contributed by atoms with Gasteiger partial charge in [0, 0.05) is 49.2 Å². The molecule has 0 aliphatic carbocycles. The summed E-state index contributed by atoms with van der Waals surface area (Å²) < 4.78 is 1.83. The first-order valence-corrected chi connectivity index (χ1v) is 8.81. The first kappa shape index (κ1) is 21.0. The van der Waals surface area contributed by atoms with Gasteiger partial charge in [-0.15, -0.1) is 35.3 Å². The summed E-state index contributed by atoms with van der Waals surface area (Å²) in [6.07, 6.45) is 3.94. The molecule has 2 aromatic rings. The number of rotatable bonds is 6. The molecule has 2 rings (SSSR count). The highest BCUT2D eigenvalue weighted by Gasteiger charge is 2.22. The van der Waals surface area contributed by atoms with Crippen LogP contribution in [0.2, 0.25) is 0 Å². The van der Waals surface area contributed by atoms with E-state index in [1.165, 1.54) is 10.4 Å². The van der Waals surface area contributed by atoms with Crippen LogP contribution in [-0.2, 0) is 19.0 Å². The first-order chi connectivity index (χ1) is 10.9. The van der Waals surface area contributed by atoms with Crippen molar-refractivity contribution in [1.82, 2.24) is 20.0 Å². The van der Waals surface area contributed by atoms with E-state index in [-0.39, 0.29) is 29.4 Å². The fourth-order valence-corrected chi connectivity index (χ4v) is 3.23. The van der Waals surface area contributed by atoms with Gasteiger partial charge in [0.05, 0.1) is 12.7 Å². The second-order valence-electron chi connectivity index (χ2n) is 6.41.